The van der Waals surface area contributed by atoms with Crippen LogP contribution in [0.4, 0.5) is 10.1 Å². The molecule has 0 aliphatic carbocycles. The molecule has 0 saturated heterocycles. The van der Waals surface area contributed by atoms with E-state index in [2.05, 4.69) is 10.3 Å². The number of anilines is 1. The Morgan fingerprint density at radius 2 is 2.10 bits per heavy atom. The minimum atomic E-state index is -0.870. The average Bonchev–Trinajstić information content (AvgIpc) is 2.48. The molecule has 100 valence electrons. The molecule has 1 amide bonds. The minimum absolute atomic E-state index is 0.0262. The number of nitrogens with one attached hydrogen (secondary N) is 1. The molecule has 1 N–H and O–H groups in total. The number of pyridine rings is 1. The summed E-state index contributed by atoms with van der Waals surface area (Å²) in [7, 11) is 0. The number of nitrogens with zero attached hydrogens (tertiary/aromatic N) is 2. The highest BCUT2D eigenvalue weighted by atomic mass is 19.1. The predicted molar refractivity (Wildman–Crippen MR) is 72.1 cm³/mol. The monoisotopic (exact) mass is 269 g/mol. The molecule has 0 bridgehead atoms. The number of hydrogen-bond donors (Lipinski definition) is 1. The van der Waals surface area contributed by atoms with Crippen LogP contribution in [0.3, 0.4) is 0 Å². The lowest BCUT2D eigenvalue weighted by Crippen LogP contribution is -2.24. The van der Waals surface area contributed by atoms with E-state index in [0.29, 0.717) is 0 Å². The molecule has 2 aromatic rings. The maximum atomic E-state index is 13.4. The number of aromatic nitrogens is 1. The molecule has 1 unspecified atom stereocenters. The van der Waals surface area contributed by atoms with E-state index in [1.165, 1.54) is 12.3 Å². The molecule has 0 spiro atoms. The summed E-state index contributed by atoms with van der Waals surface area (Å²) < 4.78 is 13.4. The van der Waals surface area contributed by atoms with Crippen molar-refractivity contribution in [1.29, 1.82) is 5.26 Å². The van der Waals surface area contributed by atoms with Crippen LogP contribution in [0.25, 0.3) is 0 Å². The Bertz CT molecular complexity index is 637. The van der Waals surface area contributed by atoms with Crippen molar-refractivity contribution in [3.63, 3.8) is 0 Å². The summed E-state index contributed by atoms with van der Waals surface area (Å²) in [5.74, 6) is -2.02. The fourth-order valence-electron chi connectivity index (χ4n) is 1.74. The lowest BCUT2D eigenvalue weighted by atomic mass is 10.00. The quantitative estimate of drug-likeness (QED) is 0.927. The molecule has 0 saturated carbocycles. The third-order valence-electron chi connectivity index (χ3n) is 2.79. The maximum absolute atomic E-state index is 13.4. The van der Waals surface area contributed by atoms with Crippen molar-refractivity contribution in [2.75, 3.05) is 5.32 Å². The summed E-state index contributed by atoms with van der Waals surface area (Å²) in [5.41, 5.74) is 0.905. The Hall–Kier alpha value is -2.74. The van der Waals surface area contributed by atoms with Crippen molar-refractivity contribution in [1.82, 2.24) is 4.98 Å². The molecular formula is C15H12FN3O. The molecule has 4 nitrogen and oxygen atoms in total. The molecule has 1 atom stereocenters. The molecule has 0 aliphatic heterocycles. The number of carbonyl (C=O) groups is 1. The number of hydrogen-bond acceptors (Lipinski definition) is 3. The summed E-state index contributed by atoms with van der Waals surface area (Å²) in [6.07, 6.45) is 2.67. The predicted octanol–water partition coefficient (Wildman–Crippen LogP) is 2.54. The number of carbonyl (C=O) groups excluding carboxylic acids is 1. The van der Waals surface area contributed by atoms with Crippen molar-refractivity contribution in [2.24, 2.45) is 5.92 Å². The molecule has 0 fully saturated rings. The van der Waals surface area contributed by atoms with Gasteiger partial charge in [0.25, 0.3) is 0 Å². The van der Waals surface area contributed by atoms with Crippen LogP contribution in [0.15, 0.2) is 48.8 Å². The van der Waals surface area contributed by atoms with Crippen molar-refractivity contribution in [2.45, 2.75) is 6.42 Å². The van der Waals surface area contributed by atoms with E-state index in [1.807, 2.05) is 36.4 Å². The zero-order valence-corrected chi connectivity index (χ0v) is 10.6. The van der Waals surface area contributed by atoms with Gasteiger partial charge in [0.15, 0.2) is 5.82 Å². The van der Waals surface area contributed by atoms with Gasteiger partial charge in [0, 0.05) is 6.20 Å². The van der Waals surface area contributed by atoms with E-state index in [4.69, 9.17) is 5.26 Å². The molecular weight excluding hydrogens is 257 g/mol. The average molecular weight is 269 g/mol. The number of benzene rings is 1. The van der Waals surface area contributed by atoms with Crippen LogP contribution >= 0.6 is 0 Å². The fraction of sp³-hybridized carbons (Fsp3) is 0.133. The summed E-state index contributed by atoms with van der Waals surface area (Å²) in [6, 6.07) is 12.5. The fourth-order valence-corrected chi connectivity index (χ4v) is 1.74. The van der Waals surface area contributed by atoms with Gasteiger partial charge in [-0.25, -0.2) is 4.39 Å². The largest absolute Gasteiger partial charge is 0.322 e. The second kappa shape index (κ2) is 6.43. The van der Waals surface area contributed by atoms with E-state index >= 15 is 0 Å². The van der Waals surface area contributed by atoms with Gasteiger partial charge >= 0.3 is 0 Å². The lowest BCUT2D eigenvalue weighted by molar-refractivity contribution is -0.118. The van der Waals surface area contributed by atoms with Crippen molar-refractivity contribution in [3.05, 3.63) is 60.2 Å². The summed E-state index contributed by atoms with van der Waals surface area (Å²) in [4.78, 5) is 15.6. The summed E-state index contributed by atoms with van der Waals surface area (Å²) >= 11 is 0. The first-order valence-corrected chi connectivity index (χ1v) is 6.04. The highest BCUT2D eigenvalue weighted by Gasteiger charge is 2.19. The minimum Gasteiger partial charge on any atom is -0.322 e. The number of rotatable bonds is 4. The van der Waals surface area contributed by atoms with Gasteiger partial charge in [-0.3, -0.25) is 9.78 Å². The zero-order valence-electron chi connectivity index (χ0n) is 10.6. The Morgan fingerprint density at radius 1 is 1.35 bits per heavy atom. The van der Waals surface area contributed by atoms with Gasteiger partial charge in [-0.05, 0) is 18.1 Å². The Balaban J connectivity index is 2.07. The second-order valence-corrected chi connectivity index (χ2v) is 4.22. The van der Waals surface area contributed by atoms with Crippen LogP contribution in [0, 0.1) is 23.1 Å². The second-order valence-electron chi connectivity index (χ2n) is 4.22. The molecule has 1 heterocycles. The van der Waals surface area contributed by atoms with E-state index in [1.54, 1.807) is 0 Å². The third-order valence-corrected chi connectivity index (χ3v) is 2.79. The van der Waals surface area contributed by atoms with Gasteiger partial charge in [-0.2, -0.15) is 5.26 Å². The Morgan fingerprint density at radius 3 is 2.75 bits per heavy atom. The smallest absolute Gasteiger partial charge is 0.242 e. The first-order chi connectivity index (χ1) is 9.70. The molecule has 2 rings (SSSR count). The highest BCUT2D eigenvalue weighted by Crippen LogP contribution is 2.14. The van der Waals surface area contributed by atoms with Crippen molar-refractivity contribution < 1.29 is 9.18 Å². The topological polar surface area (TPSA) is 65.8 Å². The van der Waals surface area contributed by atoms with Crippen LogP contribution in [-0.4, -0.2) is 10.9 Å². The molecule has 0 aliphatic rings. The third kappa shape index (κ3) is 3.39. The van der Waals surface area contributed by atoms with E-state index in [9.17, 15) is 9.18 Å². The highest BCUT2D eigenvalue weighted by molar-refractivity contribution is 5.94. The Kier molecular flexibility index (Phi) is 4.40. The molecule has 5 heteroatoms. The van der Waals surface area contributed by atoms with E-state index in [-0.39, 0.29) is 12.1 Å². The number of amides is 1. The van der Waals surface area contributed by atoms with Crippen LogP contribution in [0.2, 0.25) is 0 Å². The van der Waals surface area contributed by atoms with E-state index in [0.717, 1.165) is 11.8 Å². The molecule has 1 aromatic heterocycles. The maximum Gasteiger partial charge on any atom is 0.242 e. The zero-order chi connectivity index (χ0) is 14.4. The molecule has 20 heavy (non-hydrogen) atoms. The normalized spacial score (nSPS) is 11.4. The van der Waals surface area contributed by atoms with Gasteiger partial charge in [0.1, 0.15) is 5.92 Å². The first kappa shape index (κ1) is 13.7. The van der Waals surface area contributed by atoms with Gasteiger partial charge in [0.05, 0.1) is 18.0 Å². The summed E-state index contributed by atoms with van der Waals surface area (Å²) in [6.45, 7) is 0. The van der Waals surface area contributed by atoms with Crippen molar-refractivity contribution in [3.8, 4) is 6.07 Å². The molecule has 0 radical (unpaired) electrons. The van der Waals surface area contributed by atoms with E-state index < -0.39 is 17.6 Å². The molecule has 1 aromatic carbocycles. The standard InChI is InChI=1S/C15H12FN3O/c16-13-10-18-7-6-14(13)19-15(20)12(9-17)8-11-4-2-1-3-5-11/h1-7,10,12H,8H2,(H,18,19,20). The Labute approximate surface area is 115 Å². The lowest BCUT2D eigenvalue weighted by Gasteiger charge is -2.10. The van der Waals surface area contributed by atoms with Gasteiger partial charge in [-0.1, -0.05) is 30.3 Å². The van der Waals surface area contributed by atoms with Gasteiger partial charge < -0.3 is 5.32 Å². The van der Waals surface area contributed by atoms with Crippen LogP contribution in [-0.2, 0) is 11.2 Å². The van der Waals surface area contributed by atoms with Crippen molar-refractivity contribution >= 4 is 11.6 Å². The van der Waals surface area contributed by atoms with Crippen LogP contribution in [0.1, 0.15) is 5.56 Å². The first-order valence-electron chi connectivity index (χ1n) is 6.04. The number of halogens is 1. The number of nitriles is 1. The summed E-state index contributed by atoms with van der Waals surface area (Å²) in [5, 5.41) is 11.5. The van der Waals surface area contributed by atoms with Gasteiger partial charge in [0.2, 0.25) is 5.91 Å². The van der Waals surface area contributed by atoms with Gasteiger partial charge in [-0.15, -0.1) is 0 Å². The SMILES string of the molecule is N#CC(Cc1ccccc1)C(=O)Nc1ccncc1F. The van der Waals surface area contributed by atoms with Crippen LogP contribution < -0.4 is 5.32 Å². The van der Waals surface area contributed by atoms with Crippen LogP contribution in [0.5, 0.6) is 0 Å².